The number of hydrogen-bond acceptors (Lipinski definition) is 6. The van der Waals surface area contributed by atoms with Gasteiger partial charge < -0.3 is 10.0 Å². The van der Waals surface area contributed by atoms with Crippen molar-refractivity contribution in [3.8, 4) is 22.5 Å². The number of nitrogens with one attached hydrogen (secondary N) is 1. The number of benzene rings is 2. The average Bonchev–Trinajstić information content (AvgIpc) is 3.41. The van der Waals surface area contributed by atoms with Gasteiger partial charge in [-0.2, -0.15) is 0 Å². The normalized spacial score (nSPS) is 18.3. The van der Waals surface area contributed by atoms with Gasteiger partial charge in [0.2, 0.25) is 0 Å². The second kappa shape index (κ2) is 9.26. The van der Waals surface area contributed by atoms with Crippen LogP contribution in [-0.4, -0.2) is 54.0 Å². The van der Waals surface area contributed by atoms with E-state index in [0.717, 1.165) is 47.4 Å². The van der Waals surface area contributed by atoms with Crippen molar-refractivity contribution in [2.24, 2.45) is 4.99 Å². The van der Waals surface area contributed by atoms with Crippen molar-refractivity contribution in [2.75, 3.05) is 0 Å². The van der Waals surface area contributed by atoms with E-state index in [0.29, 0.717) is 12.4 Å². The summed E-state index contributed by atoms with van der Waals surface area (Å²) in [5, 5.41) is 23.8. The van der Waals surface area contributed by atoms with Crippen molar-refractivity contribution < 1.29 is 9.90 Å². The van der Waals surface area contributed by atoms with Crippen molar-refractivity contribution in [2.45, 2.75) is 44.3 Å². The molecule has 0 amide bonds. The van der Waals surface area contributed by atoms with E-state index in [1.54, 1.807) is 0 Å². The maximum Gasteiger partial charge on any atom is 0.329 e. The first-order chi connectivity index (χ1) is 15.1. The highest BCUT2D eigenvalue weighted by molar-refractivity contribution is 6.24. The first kappa shape index (κ1) is 21.0. The SMILES string of the molecule is CCCCC1=NC(Cl)C(C(=O)O)N1Cc1ccc(-c2ccccc2-c2nnn[nH]2)cc1. The molecule has 3 aromatic rings. The summed E-state index contributed by atoms with van der Waals surface area (Å²) in [6.45, 7) is 2.54. The highest BCUT2D eigenvalue weighted by Gasteiger charge is 2.39. The molecule has 0 bridgehead atoms. The minimum absolute atomic E-state index is 0.441. The van der Waals surface area contributed by atoms with Gasteiger partial charge in [0.25, 0.3) is 0 Å². The van der Waals surface area contributed by atoms with Gasteiger partial charge in [-0.3, -0.25) is 4.99 Å². The number of H-pyrrole nitrogens is 1. The molecule has 9 heteroatoms. The molecule has 2 unspecified atom stereocenters. The summed E-state index contributed by atoms with van der Waals surface area (Å²) in [4.78, 5) is 18.0. The fraction of sp³-hybridized carbons (Fsp3) is 0.318. The van der Waals surface area contributed by atoms with Gasteiger partial charge in [-0.25, -0.2) is 9.89 Å². The molecule has 0 saturated heterocycles. The number of alkyl halides is 1. The molecule has 0 saturated carbocycles. The van der Waals surface area contributed by atoms with Crippen LogP contribution in [0.1, 0.15) is 31.7 Å². The van der Waals surface area contributed by atoms with E-state index in [9.17, 15) is 9.90 Å². The Bertz CT molecular complexity index is 1070. The molecule has 2 heterocycles. The first-order valence-corrected chi connectivity index (χ1v) is 10.6. The highest BCUT2D eigenvalue weighted by Crippen LogP contribution is 2.31. The molecule has 1 aliphatic heterocycles. The smallest absolute Gasteiger partial charge is 0.329 e. The van der Waals surface area contributed by atoms with Crippen LogP contribution in [0.25, 0.3) is 22.5 Å². The molecule has 160 valence electrons. The first-order valence-electron chi connectivity index (χ1n) is 10.2. The molecule has 1 aromatic heterocycles. The molecular weight excluding hydrogens is 416 g/mol. The van der Waals surface area contributed by atoms with Crippen LogP contribution in [0.2, 0.25) is 0 Å². The van der Waals surface area contributed by atoms with Crippen molar-refractivity contribution in [1.29, 1.82) is 0 Å². The topological polar surface area (TPSA) is 107 Å². The molecule has 0 spiro atoms. The van der Waals surface area contributed by atoms with E-state index in [4.69, 9.17) is 11.6 Å². The van der Waals surface area contributed by atoms with Crippen LogP contribution in [0.15, 0.2) is 53.5 Å². The van der Waals surface area contributed by atoms with Crippen molar-refractivity contribution in [1.82, 2.24) is 25.5 Å². The number of aromatic nitrogens is 4. The van der Waals surface area contributed by atoms with E-state index in [1.165, 1.54) is 0 Å². The highest BCUT2D eigenvalue weighted by atomic mass is 35.5. The summed E-state index contributed by atoms with van der Waals surface area (Å²) in [6.07, 6.45) is 2.67. The van der Waals surface area contributed by atoms with Gasteiger partial charge in [0.1, 0.15) is 5.84 Å². The van der Waals surface area contributed by atoms with Crippen molar-refractivity contribution >= 4 is 23.4 Å². The van der Waals surface area contributed by atoms with E-state index >= 15 is 0 Å². The Hall–Kier alpha value is -3.26. The molecule has 1 aliphatic rings. The Kier molecular flexibility index (Phi) is 6.27. The number of tetrazole rings is 1. The quantitative estimate of drug-likeness (QED) is 0.407. The second-order valence-electron chi connectivity index (χ2n) is 7.42. The molecule has 0 aliphatic carbocycles. The Morgan fingerprint density at radius 1 is 1.16 bits per heavy atom. The number of carboxylic acid groups (broad SMARTS) is 1. The van der Waals surface area contributed by atoms with Gasteiger partial charge in [-0.15, -0.1) is 5.10 Å². The lowest BCUT2D eigenvalue weighted by Gasteiger charge is -2.26. The van der Waals surface area contributed by atoms with Crippen LogP contribution in [0.3, 0.4) is 0 Å². The summed E-state index contributed by atoms with van der Waals surface area (Å²) in [7, 11) is 0. The largest absolute Gasteiger partial charge is 0.480 e. The van der Waals surface area contributed by atoms with E-state index in [1.807, 2.05) is 53.4 Å². The lowest BCUT2D eigenvalue weighted by Crippen LogP contribution is -2.43. The number of amidine groups is 1. The molecule has 0 radical (unpaired) electrons. The van der Waals surface area contributed by atoms with Crippen LogP contribution in [0, 0.1) is 0 Å². The van der Waals surface area contributed by atoms with Crippen LogP contribution in [-0.2, 0) is 11.3 Å². The standard InChI is InChI=1S/C22H23ClN6O2/c1-2-3-8-18-24-20(23)19(22(30)31)29(18)13-14-9-11-15(12-10-14)16-6-4-5-7-17(16)21-25-27-28-26-21/h4-7,9-12,19-20H,2-3,8,13H2,1H3,(H,30,31)(H,25,26,27,28). The molecule has 0 fully saturated rings. The number of nitrogens with zero attached hydrogens (tertiary/aromatic N) is 5. The number of unbranched alkanes of at least 4 members (excludes halogenated alkanes) is 1. The van der Waals surface area contributed by atoms with Crippen molar-refractivity contribution in [3.63, 3.8) is 0 Å². The summed E-state index contributed by atoms with van der Waals surface area (Å²) < 4.78 is 0. The fourth-order valence-corrected chi connectivity index (χ4v) is 4.14. The predicted octanol–water partition coefficient (Wildman–Crippen LogP) is 3.96. The minimum Gasteiger partial charge on any atom is -0.480 e. The number of aromatic amines is 1. The third kappa shape index (κ3) is 4.44. The zero-order chi connectivity index (χ0) is 21.8. The Morgan fingerprint density at radius 2 is 1.90 bits per heavy atom. The maximum atomic E-state index is 11.8. The Labute approximate surface area is 185 Å². The van der Waals surface area contributed by atoms with Crippen LogP contribution in [0.5, 0.6) is 0 Å². The molecule has 2 atom stereocenters. The number of carboxylic acids is 1. The maximum absolute atomic E-state index is 11.8. The van der Waals surface area contributed by atoms with Gasteiger partial charge in [0.15, 0.2) is 17.4 Å². The number of aliphatic carboxylic acids is 1. The predicted molar refractivity (Wildman–Crippen MR) is 119 cm³/mol. The van der Waals surface area contributed by atoms with Crippen LogP contribution in [0.4, 0.5) is 0 Å². The van der Waals surface area contributed by atoms with Crippen molar-refractivity contribution in [3.05, 3.63) is 54.1 Å². The monoisotopic (exact) mass is 438 g/mol. The number of hydrogen-bond donors (Lipinski definition) is 2. The number of aliphatic imine (C=N–C) groups is 1. The van der Waals surface area contributed by atoms with Gasteiger partial charge in [-0.1, -0.05) is 73.5 Å². The summed E-state index contributed by atoms with van der Waals surface area (Å²) in [5.41, 5.74) is 3.14. The molecule has 31 heavy (non-hydrogen) atoms. The van der Waals surface area contributed by atoms with E-state index < -0.39 is 17.5 Å². The third-order valence-electron chi connectivity index (χ3n) is 5.35. The number of halogens is 1. The Balaban J connectivity index is 1.58. The molecule has 2 aromatic carbocycles. The fourth-order valence-electron chi connectivity index (χ4n) is 3.78. The lowest BCUT2D eigenvalue weighted by molar-refractivity contribution is -0.141. The van der Waals surface area contributed by atoms with Crippen LogP contribution >= 0.6 is 11.6 Å². The molecule has 4 rings (SSSR count). The van der Waals surface area contributed by atoms with E-state index in [2.05, 4.69) is 32.5 Å². The number of carbonyl (C=O) groups is 1. The third-order valence-corrected chi connectivity index (χ3v) is 5.69. The summed E-state index contributed by atoms with van der Waals surface area (Å²) >= 11 is 6.25. The van der Waals surface area contributed by atoms with Crippen LogP contribution < -0.4 is 0 Å². The summed E-state index contributed by atoms with van der Waals surface area (Å²) in [5.74, 6) is 0.411. The molecular formula is C22H23ClN6O2. The zero-order valence-electron chi connectivity index (χ0n) is 17.1. The molecule has 2 N–H and O–H groups in total. The minimum atomic E-state index is -0.957. The van der Waals surface area contributed by atoms with E-state index in [-0.39, 0.29) is 0 Å². The zero-order valence-corrected chi connectivity index (χ0v) is 17.8. The number of rotatable bonds is 8. The van der Waals surface area contributed by atoms with Gasteiger partial charge in [0, 0.05) is 18.5 Å². The summed E-state index contributed by atoms with van der Waals surface area (Å²) in [6, 6.07) is 15.1. The average molecular weight is 439 g/mol. The lowest BCUT2D eigenvalue weighted by atomic mass is 9.98. The van der Waals surface area contributed by atoms with Gasteiger partial charge in [-0.05, 0) is 33.5 Å². The Morgan fingerprint density at radius 3 is 2.55 bits per heavy atom. The molecule has 8 nitrogen and oxygen atoms in total. The van der Waals surface area contributed by atoms with Gasteiger partial charge in [0.05, 0.1) is 0 Å². The van der Waals surface area contributed by atoms with Gasteiger partial charge >= 0.3 is 5.97 Å². The second-order valence-corrected chi connectivity index (χ2v) is 7.87.